The second-order valence-corrected chi connectivity index (χ2v) is 2.45. The van der Waals surface area contributed by atoms with E-state index in [0.29, 0.717) is 11.1 Å². The average molecular weight is 164 g/mol. The Labute approximate surface area is 70.5 Å². The molecule has 2 heteroatoms. The maximum Gasteiger partial charge on any atom is 0.130 e. The monoisotopic (exact) mass is 164 g/mol. The number of hydrogen-bond donors (Lipinski definition) is 0. The van der Waals surface area contributed by atoms with E-state index in [4.69, 9.17) is 0 Å². The zero-order valence-corrected chi connectivity index (χ0v) is 6.59. The van der Waals surface area contributed by atoms with Crippen LogP contribution in [0.2, 0.25) is 0 Å². The van der Waals surface area contributed by atoms with Crippen LogP contribution >= 0.6 is 0 Å². The molecule has 1 nitrogen and oxygen atoms in total. The minimum absolute atomic E-state index is 0.181. The highest BCUT2D eigenvalue weighted by Crippen LogP contribution is 2.17. The molecule has 0 heterocycles. The Morgan fingerprint density at radius 1 is 1.50 bits per heavy atom. The first-order valence-electron chi connectivity index (χ1n) is 3.62. The Morgan fingerprint density at radius 2 is 2.17 bits per heavy atom. The van der Waals surface area contributed by atoms with Crippen LogP contribution in [0.15, 0.2) is 30.8 Å². The van der Waals surface area contributed by atoms with Gasteiger partial charge in [-0.3, -0.25) is 0 Å². The molecule has 0 amide bonds. The first-order chi connectivity index (χ1) is 5.75. The molecule has 0 aromatic heterocycles. The van der Waals surface area contributed by atoms with Crippen molar-refractivity contribution in [2.24, 2.45) is 0 Å². The number of allylic oxidation sites excluding steroid dienone is 1. The van der Waals surface area contributed by atoms with Crippen LogP contribution in [-0.2, 0) is 4.79 Å². The van der Waals surface area contributed by atoms with E-state index in [1.807, 2.05) is 0 Å². The van der Waals surface area contributed by atoms with Gasteiger partial charge < -0.3 is 4.79 Å². The van der Waals surface area contributed by atoms with Gasteiger partial charge in [-0.15, -0.1) is 0 Å². The van der Waals surface area contributed by atoms with Crippen molar-refractivity contribution in [1.29, 1.82) is 0 Å². The summed E-state index contributed by atoms with van der Waals surface area (Å²) in [5.41, 5.74) is 0.938. The van der Waals surface area contributed by atoms with Gasteiger partial charge in [-0.05, 0) is 11.6 Å². The SMILES string of the molecule is C=C(CC=O)c1ccccc1F. The predicted octanol–water partition coefficient (Wildman–Crippen LogP) is 2.43. The largest absolute Gasteiger partial charge is 0.303 e. The van der Waals surface area contributed by atoms with Crippen molar-refractivity contribution in [1.82, 2.24) is 0 Å². The lowest BCUT2D eigenvalue weighted by Crippen LogP contribution is -1.88. The van der Waals surface area contributed by atoms with Crippen LogP contribution in [0, 0.1) is 5.82 Å². The quantitative estimate of drug-likeness (QED) is 0.627. The number of carbonyl (C=O) groups excluding carboxylic acids is 1. The maximum atomic E-state index is 13.0. The molecular weight excluding hydrogens is 155 g/mol. The zero-order valence-electron chi connectivity index (χ0n) is 6.59. The molecule has 12 heavy (non-hydrogen) atoms. The third-order valence-electron chi connectivity index (χ3n) is 1.58. The van der Waals surface area contributed by atoms with E-state index in [-0.39, 0.29) is 12.2 Å². The summed E-state index contributed by atoms with van der Waals surface area (Å²) >= 11 is 0. The Hall–Kier alpha value is -1.44. The summed E-state index contributed by atoms with van der Waals surface area (Å²) < 4.78 is 13.0. The molecule has 0 aliphatic heterocycles. The fourth-order valence-corrected chi connectivity index (χ4v) is 0.958. The van der Waals surface area contributed by atoms with Crippen LogP contribution < -0.4 is 0 Å². The van der Waals surface area contributed by atoms with Crippen LogP contribution in [0.5, 0.6) is 0 Å². The summed E-state index contributed by atoms with van der Waals surface area (Å²) in [6.07, 6.45) is 0.899. The summed E-state index contributed by atoms with van der Waals surface area (Å²) in [7, 11) is 0. The fourth-order valence-electron chi connectivity index (χ4n) is 0.958. The molecule has 1 aromatic rings. The molecule has 0 N–H and O–H groups in total. The Balaban J connectivity index is 2.94. The van der Waals surface area contributed by atoms with Gasteiger partial charge >= 0.3 is 0 Å². The Bertz CT molecular complexity index is 304. The van der Waals surface area contributed by atoms with Gasteiger partial charge in [-0.1, -0.05) is 24.8 Å². The van der Waals surface area contributed by atoms with Crippen molar-refractivity contribution in [3.8, 4) is 0 Å². The lowest BCUT2D eigenvalue weighted by Gasteiger charge is -2.01. The first-order valence-corrected chi connectivity index (χ1v) is 3.62. The molecule has 62 valence electrons. The van der Waals surface area contributed by atoms with Crippen molar-refractivity contribution < 1.29 is 9.18 Å². The van der Waals surface area contributed by atoms with Gasteiger partial charge in [0, 0.05) is 12.0 Å². The molecular formula is C10H9FO. The molecule has 0 atom stereocenters. The predicted molar refractivity (Wildman–Crippen MR) is 46.1 cm³/mol. The molecule has 1 aromatic carbocycles. The van der Waals surface area contributed by atoms with E-state index in [2.05, 4.69) is 6.58 Å². The van der Waals surface area contributed by atoms with Crippen molar-refractivity contribution >= 4 is 11.9 Å². The third kappa shape index (κ3) is 1.78. The normalized spacial score (nSPS) is 9.42. The van der Waals surface area contributed by atoms with E-state index >= 15 is 0 Å². The molecule has 0 saturated carbocycles. The number of aldehydes is 1. The van der Waals surface area contributed by atoms with Gasteiger partial charge in [-0.25, -0.2) is 4.39 Å². The molecule has 0 spiro atoms. The van der Waals surface area contributed by atoms with E-state index in [1.54, 1.807) is 18.2 Å². The second-order valence-electron chi connectivity index (χ2n) is 2.45. The van der Waals surface area contributed by atoms with Gasteiger partial charge in [0.15, 0.2) is 0 Å². The molecule has 0 bridgehead atoms. The summed E-state index contributed by atoms with van der Waals surface area (Å²) in [6.45, 7) is 3.60. The zero-order chi connectivity index (χ0) is 8.97. The highest BCUT2D eigenvalue weighted by Gasteiger charge is 2.02. The number of rotatable bonds is 3. The summed E-state index contributed by atoms with van der Waals surface area (Å²) in [5.74, 6) is -0.329. The van der Waals surface area contributed by atoms with Crippen LogP contribution in [-0.4, -0.2) is 6.29 Å². The molecule has 0 aliphatic carbocycles. The number of halogens is 1. The number of benzene rings is 1. The third-order valence-corrected chi connectivity index (χ3v) is 1.58. The van der Waals surface area contributed by atoms with Crippen molar-refractivity contribution in [3.63, 3.8) is 0 Å². The highest BCUT2D eigenvalue weighted by molar-refractivity contribution is 5.75. The maximum absolute atomic E-state index is 13.0. The molecule has 0 fully saturated rings. The average Bonchev–Trinajstić information content (AvgIpc) is 2.05. The summed E-state index contributed by atoms with van der Waals surface area (Å²) in [4.78, 5) is 10.1. The van der Waals surface area contributed by atoms with Crippen LogP contribution in [0.25, 0.3) is 5.57 Å². The van der Waals surface area contributed by atoms with Crippen LogP contribution in [0.1, 0.15) is 12.0 Å². The van der Waals surface area contributed by atoms with E-state index in [9.17, 15) is 9.18 Å². The minimum atomic E-state index is -0.329. The Kier molecular flexibility index (Phi) is 2.75. The van der Waals surface area contributed by atoms with Gasteiger partial charge in [0.2, 0.25) is 0 Å². The molecule has 0 saturated heterocycles. The fraction of sp³-hybridized carbons (Fsp3) is 0.100. The molecule has 0 unspecified atom stereocenters. The molecule has 0 radical (unpaired) electrons. The van der Waals surface area contributed by atoms with Crippen molar-refractivity contribution in [3.05, 3.63) is 42.2 Å². The van der Waals surface area contributed by atoms with Crippen LogP contribution in [0.3, 0.4) is 0 Å². The highest BCUT2D eigenvalue weighted by atomic mass is 19.1. The molecule has 0 aliphatic rings. The van der Waals surface area contributed by atoms with Gasteiger partial charge in [0.05, 0.1) is 0 Å². The van der Waals surface area contributed by atoms with Gasteiger partial charge in [0.1, 0.15) is 12.1 Å². The Morgan fingerprint density at radius 3 is 2.75 bits per heavy atom. The van der Waals surface area contributed by atoms with E-state index in [1.165, 1.54) is 6.07 Å². The first kappa shape index (κ1) is 8.65. The molecule has 1 rings (SSSR count). The standard InChI is InChI=1S/C10H9FO/c1-8(6-7-12)9-4-2-3-5-10(9)11/h2-5,7H,1,6H2. The number of hydrogen-bond acceptors (Lipinski definition) is 1. The summed E-state index contributed by atoms with van der Waals surface area (Å²) in [6, 6.07) is 6.29. The van der Waals surface area contributed by atoms with Crippen molar-refractivity contribution in [2.45, 2.75) is 6.42 Å². The van der Waals surface area contributed by atoms with E-state index in [0.717, 1.165) is 6.29 Å². The van der Waals surface area contributed by atoms with Gasteiger partial charge in [-0.2, -0.15) is 0 Å². The smallest absolute Gasteiger partial charge is 0.130 e. The summed E-state index contributed by atoms with van der Waals surface area (Å²) in [5, 5.41) is 0. The van der Waals surface area contributed by atoms with E-state index < -0.39 is 0 Å². The lowest BCUT2D eigenvalue weighted by molar-refractivity contribution is -0.107. The van der Waals surface area contributed by atoms with Crippen LogP contribution in [0.4, 0.5) is 4.39 Å². The second kappa shape index (κ2) is 3.81. The van der Waals surface area contributed by atoms with Gasteiger partial charge in [0.25, 0.3) is 0 Å². The minimum Gasteiger partial charge on any atom is -0.303 e. The lowest BCUT2D eigenvalue weighted by atomic mass is 10.1. The number of carbonyl (C=O) groups is 1. The topological polar surface area (TPSA) is 17.1 Å². The van der Waals surface area contributed by atoms with Crippen molar-refractivity contribution in [2.75, 3.05) is 0 Å².